The molecule has 3 amide bonds. The quantitative estimate of drug-likeness (QED) is 0.684. The third-order valence-corrected chi connectivity index (χ3v) is 4.48. The van der Waals surface area contributed by atoms with Crippen LogP contribution in [0.4, 0.5) is 4.79 Å². The highest BCUT2D eigenvalue weighted by atomic mass is 16.2. The van der Waals surface area contributed by atoms with Gasteiger partial charge in [0.25, 0.3) is 0 Å². The molecular weight excluding hydrogens is 256 g/mol. The summed E-state index contributed by atoms with van der Waals surface area (Å²) in [6.45, 7) is 3.82. The summed E-state index contributed by atoms with van der Waals surface area (Å²) in [5, 5.41) is 8.34. The van der Waals surface area contributed by atoms with E-state index in [1.807, 2.05) is 0 Å². The summed E-state index contributed by atoms with van der Waals surface area (Å²) in [6.07, 6.45) is 5.31. The van der Waals surface area contributed by atoms with Crippen molar-refractivity contribution in [1.29, 1.82) is 0 Å². The second-order valence-corrected chi connectivity index (χ2v) is 5.77. The van der Waals surface area contributed by atoms with Crippen molar-refractivity contribution in [2.24, 2.45) is 0 Å². The molecule has 2 aliphatic rings. The molecule has 0 aromatic carbocycles. The van der Waals surface area contributed by atoms with E-state index in [2.05, 4.69) is 27.8 Å². The lowest BCUT2D eigenvalue weighted by atomic mass is 9.98. The Morgan fingerprint density at radius 1 is 1.25 bits per heavy atom. The molecule has 0 aromatic heterocycles. The third kappa shape index (κ3) is 3.93. The lowest BCUT2D eigenvalue weighted by Gasteiger charge is -2.37. The monoisotopic (exact) mass is 282 g/mol. The van der Waals surface area contributed by atoms with Crippen LogP contribution in [0.25, 0.3) is 0 Å². The molecule has 6 nitrogen and oxygen atoms in total. The molecule has 2 atom stereocenters. The van der Waals surface area contributed by atoms with Crippen molar-refractivity contribution in [3.8, 4) is 0 Å². The number of urea groups is 1. The Morgan fingerprint density at radius 2 is 1.90 bits per heavy atom. The smallest absolute Gasteiger partial charge is 0.321 e. The average molecular weight is 282 g/mol. The fourth-order valence-electron chi connectivity index (χ4n) is 3.42. The van der Waals surface area contributed by atoms with Crippen molar-refractivity contribution in [1.82, 2.24) is 20.9 Å². The predicted molar refractivity (Wildman–Crippen MR) is 77.4 cm³/mol. The lowest BCUT2D eigenvalue weighted by molar-refractivity contribution is -0.120. The van der Waals surface area contributed by atoms with Crippen molar-refractivity contribution in [2.45, 2.75) is 57.2 Å². The van der Waals surface area contributed by atoms with Crippen LogP contribution in [0.3, 0.4) is 0 Å². The van der Waals surface area contributed by atoms with Crippen LogP contribution in [0.15, 0.2) is 0 Å². The zero-order valence-corrected chi connectivity index (χ0v) is 12.4. The van der Waals surface area contributed by atoms with E-state index in [1.165, 1.54) is 32.7 Å². The highest BCUT2D eigenvalue weighted by molar-refractivity contribution is 5.94. The van der Waals surface area contributed by atoms with E-state index < -0.39 is 6.03 Å². The molecule has 6 heteroatoms. The van der Waals surface area contributed by atoms with Crippen LogP contribution in [0.5, 0.6) is 0 Å². The van der Waals surface area contributed by atoms with Crippen LogP contribution in [0.1, 0.15) is 39.0 Å². The summed E-state index contributed by atoms with van der Waals surface area (Å²) >= 11 is 0. The molecule has 114 valence electrons. The Labute approximate surface area is 120 Å². The van der Waals surface area contributed by atoms with E-state index in [1.54, 1.807) is 0 Å². The van der Waals surface area contributed by atoms with Crippen molar-refractivity contribution in [3.05, 3.63) is 0 Å². The Morgan fingerprint density at radius 3 is 2.45 bits per heavy atom. The van der Waals surface area contributed by atoms with Crippen LogP contribution in [0.2, 0.25) is 0 Å². The van der Waals surface area contributed by atoms with Gasteiger partial charge in [-0.3, -0.25) is 10.1 Å². The minimum Gasteiger partial charge on any atom is -0.341 e. The number of fused-ring (bicyclic) bond motifs is 2. The minimum absolute atomic E-state index is 0.209. The van der Waals surface area contributed by atoms with Crippen LogP contribution < -0.4 is 16.0 Å². The summed E-state index contributed by atoms with van der Waals surface area (Å²) in [5.74, 6) is -0.209. The fraction of sp³-hybridized carbons (Fsp3) is 0.857. The molecule has 0 spiro atoms. The van der Waals surface area contributed by atoms with Gasteiger partial charge in [0.1, 0.15) is 0 Å². The van der Waals surface area contributed by atoms with Crippen LogP contribution in [0, 0.1) is 0 Å². The van der Waals surface area contributed by atoms with Gasteiger partial charge in [0.2, 0.25) is 5.91 Å². The molecule has 0 saturated carbocycles. The maximum Gasteiger partial charge on any atom is 0.321 e. The van der Waals surface area contributed by atoms with Crippen LogP contribution >= 0.6 is 0 Å². The van der Waals surface area contributed by atoms with E-state index in [0.717, 1.165) is 13.1 Å². The molecule has 0 radical (unpaired) electrons. The summed E-state index contributed by atoms with van der Waals surface area (Å²) in [7, 11) is 1.51. The second kappa shape index (κ2) is 7.04. The molecular formula is C14H26N4O2. The summed E-state index contributed by atoms with van der Waals surface area (Å²) in [5.41, 5.74) is 0. The molecule has 3 N–H and O–H groups in total. The molecule has 2 fully saturated rings. The van der Waals surface area contributed by atoms with Crippen molar-refractivity contribution in [3.63, 3.8) is 0 Å². The van der Waals surface area contributed by atoms with Gasteiger partial charge in [-0.1, -0.05) is 6.92 Å². The summed E-state index contributed by atoms with van der Waals surface area (Å²) in [6, 6.07) is 1.46. The van der Waals surface area contributed by atoms with Crippen molar-refractivity contribution >= 4 is 11.9 Å². The number of carbonyl (C=O) groups excluding carboxylic acids is 2. The van der Waals surface area contributed by atoms with E-state index >= 15 is 0 Å². The Hall–Kier alpha value is -1.14. The lowest BCUT2D eigenvalue weighted by Crippen LogP contribution is -2.49. The Kier molecular flexibility index (Phi) is 5.37. The summed E-state index contributed by atoms with van der Waals surface area (Å²) in [4.78, 5) is 25.1. The number of hydrogen-bond donors (Lipinski definition) is 3. The first-order chi connectivity index (χ1) is 9.62. The first-order valence-corrected chi connectivity index (χ1v) is 7.64. The predicted octanol–water partition coefficient (Wildman–Crippen LogP) is 0.437. The highest BCUT2D eigenvalue weighted by Crippen LogP contribution is 2.29. The van der Waals surface area contributed by atoms with Gasteiger partial charge in [0.15, 0.2) is 0 Å². The van der Waals surface area contributed by atoms with Gasteiger partial charge in [-0.2, -0.15) is 0 Å². The zero-order chi connectivity index (χ0) is 14.5. The average Bonchev–Trinajstić information content (AvgIpc) is 2.78. The number of piperidine rings is 1. The molecule has 0 aliphatic carbocycles. The van der Waals surface area contributed by atoms with Gasteiger partial charge in [0, 0.05) is 38.1 Å². The first kappa shape index (κ1) is 15.3. The molecule has 2 bridgehead atoms. The van der Waals surface area contributed by atoms with E-state index in [9.17, 15) is 9.59 Å². The van der Waals surface area contributed by atoms with Gasteiger partial charge >= 0.3 is 6.03 Å². The third-order valence-electron chi connectivity index (χ3n) is 4.48. The standard InChI is InChI=1S/C14H26N4O2/c1-3-18(7-6-13(19)17-14(20)15-2)12-8-10-4-5-11(9-12)16-10/h10-12,16H,3-9H2,1-2H3,(H2,15,17,19,20). The number of nitrogens with zero attached hydrogens (tertiary/aromatic N) is 1. The van der Waals surface area contributed by atoms with Crippen molar-refractivity contribution in [2.75, 3.05) is 20.1 Å². The highest BCUT2D eigenvalue weighted by Gasteiger charge is 2.35. The number of imide groups is 1. The molecule has 2 heterocycles. The van der Waals surface area contributed by atoms with Crippen LogP contribution in [-0.4, -0.2) is 55.1 Å². The van der Waals surface area contributed by atoms with Gasteiger partial charge in [-0.05, 0) is 32.2 Å². The minimum atomic E-state index is -0.432. The maximum atomic E-state index is 11.6. The van der Waals surface area contributed by atoms with Crippen molar-refractivity contribution < 1.29 is 9.59 Å². The molecule has 20 heavy (non-hydrogen) atoms. The number of carbonyl (C=O) groups is 2. The maximum absolute atomic E-state index is 11.6. The first-order valence-electron chi connectivity index (χ1n) is 7.64. The zero-order valence-electron chi connectivity index (χ0n) is 12.4. The molecule has 2 aliphatic heterocycles. The molecule has 2 unspecified atom stereocenters. The van der Waals surface area contributed by atoms with Gasteiger partial charge in [0.05, 0.1) is 0 Å². The fourth-order valence-corrected chi connectivity index (χ4v) is 3.42. The number of hydrogen-bond acceptors (Lipinski definition) is 4. The number of amides is 3. The van der Waals surface area contributed by atoms with E-state index in [-0.39, 0.29) is 5.91 Å². The van der Waals surface area contributed by atoms with Gasteiger partial charge in [-0.15, -0.1) is 0 Å². The molecule has 2 rings (SSSR count). The summed E-state index contributed by atoms with van der Waals surface area (Å²) < 4.78 is 0. The normalized spacial score (nSPS) is 28.4. The van der Waals surface area contributed by atoms with E-state index in [0.29, 0.717) is 24.5 Å². The number of rotatable bonds is 5. The Bertz CT molecular complexity index is 349. The second-order valence-electron chi connectivity index (χ2n) is 5.77. The SMILES string of the molecule is CCN(CCC(=O)NC(=O)NC)C1CC2CCC(C1)N2. The largest absolute Gasteiger partial charge is 0.341 e. The Balaban J connectivity index is 1.77. The van der Waals surface area contributed by atoms with Gasteiger partial charge in [-0.25, -0.2) is 4.79 Å². The van der Waals surface area contributed by atoms with Gasteiger partial charge < -0.3 is 15.5 Å². The molecule has 0 aromatic rings. The molecule has 2 saturated heterocycles. The van der Waals surface area contributed by atoms with Crippen LogP contribution in [-0.2, 0) is 4.79 Å². The topological polar surface area (TPSA) is 73.5 Å². The number of nitrogens with one attached hydrogen (secondary N) is 3. The van der Waals surface area contributed by atoms with E-state index in [4.69, 9.17) is 0 Å².